The van der Waals surface area contributed by atoms with Crippen molar-refractivity contribution in [2.45, 2.75) is 26.4 Å². The second kappa shape index (κ2) is 4.19. The molecule has 0 saturated carbocycles. The van der Waals surface area contributed by atoms with E-state index in [1.807, 2.05) is 19.9 Å². The van der Waals surface area contributed by atoms with Crippen molar-refractivity contribution in [1.82, 2.24) is 0 Å². The van der Waals surface area contributed by atoms with Crippen LogP contribution in [0.2, 0.25) is 0 Å². The lowest BCUT2D eigenvalue weighted by Gasteiger charge is -2.33. The summed E-state index contributed by atoms with van der Waals surface area (Å²) in [5.74, 6) is 0.548. The summed E-state index contributed by atoms with van der Waals surface area (Å²) < 4.78 is 10.6. The average molecular weight is 210 g/mol. The molecule has 1 rings (SSSR count). The number of ether oxygens (including phenoxy) is 2. The molecular formula is C12H18O3. The molecule has 0 fully saturated rings. The van der Waals surface area contributed by atoms with Crippen molar-refractivity contribution in [1.29, 1.82) is 0 Å². The molecule has 0 spiro atoms. The highest BCUT2D eigenvalue weighted by atomic mass is 16.5. The molecule has 3 nitrogen and oxygen atoms in total. The van der Waals surface area contributed by atoms with Gasteiger partial charge in [0.1, 0.15) is 5.60 Å². The molecule has 0 bridgehead atoms. The highest BCUT2D eigenvalue weighted by Gasteiger charge is 2.35. The summed E-state index contributed by atoms with van der Waals surface area (Å²) in [7, 11) is 3.15. The van der Waals surface area contributed by atoms with Crippen LogP contribution in [-0.4, -0.2) is 25.6 Å². The van der Waals surface area contributed by atoms with Crippen molar-refractivity contribution in [3.63, 3.8) is 0 Å². The fraction of sp³-hybridized carbons (Fsp3) is 0.583. The van der Waals surface area contributed by atoms with E-state index in [1.54, 1.807) is 20.1 Å². The molecule has 84 valence electrons. The third-order valence-electron chi connectivity index (χ3n) is 2.86. The normalized spacial score (nSPS) is 26.4. The molecule has 0 amide bonds. The Hall–Kier alpha value is -1.09. The van der Waals surface area contributed by atoms with Gasteiger partial charge in [-0.2, -0.15) is 0 Å². The number of allylic oxidation sites excluding steroid dienone is 1. The second-order valence-electron chi connectivity index (χ2n) is 4.08. The third-order valence-corrected chi connectivity index (χ3v) is 2.86. The first-order valence-electron chi connectivity index (χ1n) is 5.03. The molecule has 3 heteroatoms. The quantitative estimate of drug-likeness (QED) is 0.715. The maximum atomic E-state index is 11.7. The second-order valence-corrected chi connectivity index (χ2v) is 4.08. The van der Waals surface area contributed by atoms with Gasteiger partial charge in [-0.3, -0.25) is 4.79 Å². The van der Waals surface area contributed by atoms with E-state index in [0.29, 0.717) is 11.3 Å². The third kappa shape index (κ3) is 1.97. The summed E-state index contributed by atoms with van der Waals surface area (Å²) in [4.78, 5) is 11.7. The molecule has 0 N–H and O–H groups in total. The molecule has 1 aliphatic rings. The monoisotopic (exact) mass is 210 g/mol. The van der Waals surface area contributed by atoms with Crippen LogP contribution in [0, 0.1) is 5.92 Å². The summed E-state index contributed by atoms with van der Waals surface area (Å²) >= 11 is 0. The first-order valence-corrected chi connectivity index (χ1v) is 5.03. The van der Waals surface area contributed by atoms with E-state index >= 15 is 0 Å². The maximum absolute atomic E-state index is 11.7. The highest BCUT2D eigenvalue weighted by Crippen LogP contribution is 2.32. The first kappa shape index (κ1) is 12.0. The van der Waals surface area contributed by atoms with E-state index in [2.05, 4.69) is 0 Å². The average Bonchev–Trinajstić information content (AvgIpc) is 2.21. The molecule has 0 aromatic heterocycles. The van der Waals surface area contributed by atoms with E-state index in [4.69, 9.17) is 9.47 Å². The minimum Gasteiger partial charge on any atom is -0.493 e. The number of hydrogen-bond donors (Lipinski definition) is 0. The van der Waals surface area contributed by atoms with Gasteiger partial charge in [0.2, 0.25) is 5.78 Å². The Morgan fingerprint density at radius 3 is 2.27 bits per heavy atom. The van der Waals surface area contributed by atoms with Crippen molar-refractivity contribution >= 4 is 5.78 Å². The van der Waals surface area contributed by atoms with Crippen molar-refractivity contribution in [2.75, 3.05) is 14.2 Å². The van der Waals surface area contributed by atoms with Gasteiger partial charge in [0.25, 0.3) is 0 Å². The van der Waals surface area contributed by atoms with E-state index in [1.165, 1.54) is 7.11 Å². The SMILES string of the molecule is COC1=CC(OC)(C(C)C)C=C(C)C1=O. The van der Waals surface area contributed by atoms with Crippen molar-refractivity contribution in [2.24, 2.45) is 5.92 Å². The van der Waals surface area contributed by atoms with Crippen LogP contribution in [0.3, 0.4) is 0 Å². The summed E-state index contributed by atoms with van der Waals surface area (Å²) in [6.07, 6.45) is 3.62. The zero-order valence-corrected chi connectivity index (χ0v) is 9.96. The predicted molar refractivity (Wildman–Crippen MR) is 58.4 cm³/mol. The topological polar surface area (TPSA) is 35.5 Å². The van der Waals surface area contributed by atoms with Gasteiger partial charge >= 0.3 is 0 Å². The van der Waals surface area contributed by atoms with Gasteiger partial charge in [0.05, 0.1) is 7.11 Å². The number of ketones is 1. The fourth-order valence-corrected chi connectivity index (χ4v) is 1.75. The first-order chi connectivity index (χ1) is 6.96. The van der Waals surface area contributed by atoms with Gasteiger partial charge in [-0.25, -0.2) is 0 Å². The van der Waals surface area contributed by atoms with Gasteiger partial charge < -0.3 is 9.47 Å². The van der Waals surface area contributed by atoms with E-state index in [0.717, 1.165) is 0 Å². The lowest BCUT2D eigenvalue weighted by molar-refractivity contribution is -0.115. The predicted octanol–water partition coefficient (Wildman–Crippen LogP) is 2.09. The van der Waals surface area contributed by atoms with E-state index < -0.39 is 5.60 Å². The number of Topliss-reactive ketones (excluding diaryl/α,β-unsaturated/α-hetero) is 1. The zero-order valence-electron chi connectivity index (χ0n) is 9.96. The van der Waals surface area contributed by atoms with Gasteiger partial charge in [-0.1, -0.05) is 13.8 Å². The van der Waals surface area contributed by atoms with Crippen LogP contribution in [0.15, 0.2) is 23.5 Å². The standard InChI is InChI=1S/C12H18O3/c1-8(2)12(15-5)6-9(3)11(13)10(7-12)14-4/h6-8H,1-5H3. The molecule has 0 radical (unpaired) electrons. The van der Waals surface area contributed by atoms with Crippen LogP contribution in [-0.2, 0) is 14.3 Å². The lowest BCUT2D eigenvalue weighted by Crippen LogP contribution is -2.37. The molecule has 1 aliphatic carbocycles. The van der Waals surface area contributed by atoms with Crippen LogP contribution in [0.5, 0.6) is 0 Å². The minimum atomic E-state index is -0.524. The Morgan fingerprint density at radius 1 is 1.27 bits per heavy atom. The molecule has 0 saturated heterocycles. The summed E-state index contributed by atoms with van der Waals surface area (Å²) in [6, 6.07) is 0. The Balaban J connectivity index is 3.21. The molecular weight excluding hydrogens is 192 g/mol. The van der Waals surface area contributed by atoms with Crippen LogP contribution >= 0.6 is 0 Å². The number of methoxy groups -OCH3 is 2. The fourth-order valence-electron chi connectivity index (χ4n) is 1.75. The lowest BCUT2D eigenvalue weighted by atomic mass is 9.83. The maximum Gasteiger partial charge on any atom is 0.222 e. The van der Waals surface area contributed by atoms with Gasteiger partial charge in [-0.15, -0.1) is 0 Å². The van der Waals surface area contributed by atoms with E-state index in [9.17, 15) is 4.79 Å². The van der Waals surface area contributed by atoms with Gasteiger partial charge in [0, 0.05) is 7.11 Å². The number of rotatable bonds is 3. The van der Waals surface area contributed by atoms with Crippen molar-refractivity contribution in [3.8, 4) is 0 Å². The Kier molecular flexibility index (Phi) is 3.35. The van der Waals surface area contributed by atoms with Crippen molar-refractivity contribution < 1.29 is 14.3 Å². The molecule has 1 unspecified atom stereocenters. The molecule has 0 aliphatic heterocycles. The Bertz CT molecular complexity index is 326. The van der Waals surface area contributed by atoms with Crippen molar-refractivity contribution in [3.05, 3.63) is 23.5 Å². The highest BCUT2D eigenvalue weighted by molar-refractivity contribution is 6.07. The smallest absolute Gasteiger partial charge is 0.222 e. The Labute approximate surface area is 90.8 Å². The number of carbonyl (C=O) groups is 1. The molecule has 0 heterocycles. The Morgan fingerprint density at radius 2 is 1.87 bits per heavy atom. The molecule has 0 aromatic carbocycles. The molecule has 0 aromatic rings. The van der Waals surface area contributed by atoms with Crippen LogP contribution in [0.4, 0.5) is 0 Å². The number of hydrogen-bond acceptors (Lipinski definition) is 3. The van der Waals surface area contributed by atoms with Gasteiger partial charge in [0.15, 0.2) is 5.76 Å². The molecule has 1 atom stereocenters. The summed E-state index contributed by atoms with van der Waals surface area (Å²) in [6.45, 7) is 5.88. The largest absolute Gasteiger partial charge is 0.493 e. The summed E-state index contributed by atoms with van der Waals surface area (Å²) in [5, 5.41) is 0. The number of carbonyl (C=O) groups excluding carboxylic acids is 1. The van der Waals surface area contributed by atoms with E-state index in [-0.39, 0.29) is 11.7 Å². The van der Waals surface area contributed by atoms with Gasteiger partial charge in [-0.05, 0) is 30.6 Å². The molecule has 15 heavy (non-hydrogen) atoms. The summed E-state index contributed by atoms with van der Waals surface area (Å²) in [5.41, 5.74) is 0.147. The zero-order chi connectivity index (χ0) is 11.6. The van der Waals surface area contributed by atoms with Crippen LogP contribution in [0.25, 0.3) is 0 Å². The van der Waals surface area contributed by atoms with Crippen LogP contribution < -0.4 is 0 Å². The minimum absolute atomic E-state index is 0.0641. The van der Waals surface area contributed by atoms with Crippen LogP contribution in [0.1, 0.15) is 20.8 Å².